The zero-order chi connectivity index (χ0) is 6.48. The molecule has 2 heterocycles. The second-order valence-electron chi connectivity index (χ2n) is 3.86. The first-order valence-corrected chi connectivity index (χ1v) is 3.95. The minimum Gasteiger partial charge on any atom is -0.298 e. The van der Waals surface area contributed by atoms with Crippen molar-refractivity contribution >= 4 is 0 Å². The van der Waals surface area contributed by atoms with Crippen LogP contribution < -0.4 is 0 Å². The van der Waals surface area contributed by atoms with Crippen LogP contribution in [0.5, 0.6) is 0 Å². The van der Waals surface area contributed by atoms with Crippen LogP contribution in [0.4, 0.5) is 0 Å². The molecule has 3 aliphatic rings. The Morgan fingerprint density at radius 3 is 2.67 bits per heavy atom. The predicted molar refractivity (Wildman–Crippen MR) is 38.4 cm³/mol. The Bertz CT molecular complexity index is 129. The summed E-state index contributed by atoms with van der Waals surface area (Å²) in [7, 11) is 2.27. The van der Waals surface area contributed by atoms with Gasteiger partial charge in [-0.1, -0.05) is 6.42 Å². The molecule has 0 radical (unpaired) electrons. The molecule has 2 saturated heterocycles. The summed E-state index contributed by atoms with van der Waals surface area (Å²) in [5, 5.41) is 0. The fraction of sp³-hybridized carbons (Fsp3) is 1.00. The summed E-state index contributed by atoms with van der Waals surface area (Å²) in [5.41, 5.74) is 0.614. The summed E-state index contributed by atoms with van der Waals surface area (Å²) < 4.78 is 0. The Kier molecular flexibility index (Phi) is 0.963. The fourth-order valence-corrected chi connectivity index (χ4v) is 2.41. The summed E-state index contributed by atoms with van der Waals surface area (Å²) in [4.78, 5) is 2.55. The second-order valence-corrected chi connectivity index (χ2v) is 3.86. The van der Waals surface area contributed by atoms with Crippen molar-refractivity contribution in [2.75, 3.05) is 7.05 Å². The van der Waals surface area contributed by atoms with Gasteiger partial charge in [0.2, 0.25) is 0 Å². The lowest BCUT2D eigenvalue weighted by molar-refractivity contribution is -0.0798. The van der Waals surface area contributed by atoms with Gasteiger partial charge in [-0.15, -0.1) is 0 Å². The minimum absolute atomic E-state index is 0.614. The fourth-order valence-electron chi connectivity index (χ4n) is 2.41. The first kappa shape index (κ1) is 5.72. The Morgan fingerprint density at radius 2 is 2.33 bits per heavy atom. The zero-order valence-corrected chi connectivity index (χ0v) is 6.35. The molecule has 3 rings (SSSR count). The van der Waals surface area contributed by atoms with Gasteiger partial charge in [0.25, 0.3) is 0 Å². The van der Waals surface area contributed by atoms with Crippen molar-refractivity contribution in [2.24, 2.45) is 0 Å². The van der Waals surface area contributed by atoms with Gasteiger partial charge in [-0.2, -0.15) is 0 Å². The van der Waals surface area contributed by atoms with Crippen LogP contribution in [0.2, 0.25) is 0 Å². The molecule has 2 aliphatic heterocycles. The van der Waals surface area contributed by atoms with Gasteiger partial charge >= 0.3 is 0 Å². The van der Waals surface area contributed by atoms with Crippen LogP contribution in [-0.4, -0.2) is 23.5 Å². The molecule has 1 aliphatic carbocycles. The summed E-state index contributed by atoms with van der Waals surface area (Å²) in [6.45, 7) is 2.39. The normalized spacial score (nSPS) is 50.7. The maximum absolute atomic E-state index is 2.55. The van der Waals surface area contributed by atoms with Crippen LogP contribution in [0, 0.1) is 0 Å². The predicted octanol–water partition coefficient (Wildman–Crippen LogP) is 1.63. The molecule has 1 nitrogen and oxygen atoms in total. The van der Waals surface area contributed by atoms with Crippen LogP contribution >= 0.6 is 0 Å². The van der Waals surface area contributed by atoms with Gasteiger partial charge in [0.05, 0.1) is 0 Å². The van der Waals surface area contributed by atoms with E-state index in [0.717, 1.165) is 6.04 Å². The van der Waals surface area contributed by atoms with E-state index in [1.165, 1.54) is 25.7 Å². The van der Waals surface area contributed by atoms with E-state index in [2.05, 4.69) is 18.9 Å². The smallest absolute Gasteiger partial charge is 0.0196 e. The zero-order valence-electron chi connectivity index (χ0n) is 6.35. The van der Waals surface area contributed by atoms with Crippen LogP contribution in [0.1, 0.15) is 32.6 Å². The second kappa shape index (κ2) is 1.51. The Morgan fingerprint density at radius 1 is 1.56 bits per heavy atom. The maximum atomic E-state index is 2.55. The van der Waals surface area contributed by atoms with Gasteiger partial charge in [0.15, 0.2) is 0 Å². The van der Waals surface area contributed by atoms with E-state index in [0.29, 0.717) is 5.54 Å². The number of piperidine rings is 1. The van der Waals surface area contributed by atoms with Gasteiger partial charge in [-0.3, -0.25) is 4.90 Å². The van der Waals surface area contributed by atoms with E-state index >= 15 is 0 Å². The summed E-state index contributed by atoms with van der Waals surface area (Å²) in [5.74, 6) is 0. The molecule has 0 aromatic carbocycles. The number of hydrogen-bond donors (Lipinski definition) is 0. The number of hydrogen-bond acceptors (Lipinski definition) is 1. The van der Waals surface area contributed by atoms with E-state index in [1.54, 1.807) is 0 Å². The van der Waals surface area contributed by atoms with Crippen molar-refractivity contribution in [1.82, 2.24) is 4.90 Å². The van der Waals surface area contributed by atoms with Crippen LogP contribution in [-0.2, 0) is 0 Å². The molecule has 9 heavy (non-hydrogen) atoms. The molecule has 0 N–H and O–H groups in total. The number of nitrogens with zero attached hydrogens (tertiary/aromatic N) is 1. The third-order valence-corrected chi connectivity index (χ3v) is 3.33. The molecule has 2 atom stereocenters. The molecular formula is C8H15N. The van der Waals surface area contributed by atoms with Gasteiger partial charge in [0.1, 0.15) is 0 Å². The molecule has 0 spiro atoms. The summed E-state index contributed by atoms with van der Waals surface area (Å²) >= 11 is 0. The van der Waals surface area contributed by atoms with Crippen molar-refractivity contribution in [3.8, 4) is 0 Å². The van der Waals surface area contributed by atoms with Crippen molar-refractivity contribution in [1.29, 1.82) is 0 Å². The minimum atomic E-state index is 0.614. The van der Waals surface area contributed by atoms with Gasteiger partial charge < -0.3 is 0 Å². The molecular weight excluding hydrogens is 110 g/mol. The van der Waals surface area contributed by atoms with E-state index in [1.807, 2.05) is 0 Å². The summed E-state index contributed by atoms with van der Waals surface area (Å²) in [6.07, 6.45) is 5.81. The molecule has 1 saturated carbocycles. The van der Waals surface area contributed by atoms with Crippen molar-refractivity contribution < 1.29 is 0 Å². The SMILES string of the molecule is CN1C2CCC[C@]1(C)C2. The monoisotopic (exact) mass is 125 g/mol. The Hall–Kier alpha value is -0.0400. The van der Waals surface area contributed by atoms with Crippen molar-refractivity contribution in [3.63, 3.8) is 0 Å². The topological polar surface area (TPSA) is 3.24 Å². The molecule has 0 aromatic rings. The third kappa shape index (κ3) is 0.586. The van der Waals surface area contributed by atoms with E-state index < -0.39 is 0 Å². The van der Waals surface area contributed by atoms with E-state index in [4.69, 9.17) is 0 Å². The first-order valence-electron chi connectivity index (χ1n) is 3.95. The lowest BCUT2D eigenvalue weighted by Crippen LogP contribution is -2.64. The average Bonchev–Trinajstić information content (AvgIpc) is 1.88. The molecule has 52 valence electrons. The molecule has 1 unspecified atom stereocenters. The Labute approximate surface area is 57.0 Å². The highest BCUT2D eigenvalue weighted by atomic mass is 15.3. The average molecular weight is 125 g/mol. The van der Waals surface area contributed by atoms with E-state index in [-0.39, 0.29) is 0 Å². The maximum Gasteiger partial charge on any atom is 0.0196 e. The number of rotatable bonds is 0. The third-order valence-electron chi connectivity index (χ3n) is 3.33. The molecule has 3 fully saturated rings. The highest BCUT2D eigenvalue weighted by Gasteiger charge is 2.47. The molecule has 0 amide bonds. The lowest BCUT2D eigenvalue weighted by atomic mass is 9.70. The first-order chi connectivity index (χ1) is 4.22. The van der Waals surface area contributed by atoms with Crippen molar-refractivity contribution in [3.05, 3.63) is 0 Å². The molecule has 0 aromatic heterocycles. The molecule has 1 heteroatoms. The summed E-state index contributed by atoms with van der Waals surface area (Å²) in [6, 6.07) is 0.948. The van der Waals surface area contributed by atoms with Crippen LogP contribution in [0.15, 0.2) is 0 Å². The van der Waals surface area contributed by atoms with Crippen LogP contribution in [0.25, 0.3) is 0 Å². The highest BCUT2D eigenvalue weighted by molar-refractivity contribution is 5.04. The molecule has 2 bridgehead atoms. The number of fused-ring (bicyclic) bond motifs is 2. The highest BCUT2D eigenvalue weighted by Crippen LogP contribution is 2.45. The van der Waals surface area contributed by atoms with Gasteiger partial charge in [-0.05, 0) is 33.2 Å². The van der Waals surface area contributed by atoms with E-state index in [9.17, 15) is 0 Å². The van der Waals surface area contributed by atoms with Gasteiger partial charge in [0, 0.05) is 11.6 Å². The Balaban J connectivity index is 2.13. The van der Waals surface area contributed by atoms with Crippen LogP contribution in [0.3, 0.4) is 0 Å². The van der Waals surface area contributed by atoms with Crippen molar-refractivity contribution in [2.45, 2.75) is 44.2 Å². The van der Waals surface area contributed by atoms with Gasteiger partial charge in [-0.25, -0.2) is 0 Å². The standard InChI is InChI=1S/C8H15N/c1-8-5-3-4-7(6-8)9(8)2/h7H,3-6H2,1-2H3/t7?,8-/m1/s1. The lowest BCUT2D eigenvalue weighted by Gasteiger charge is -2.59. The largest absolute Gasteiger partial charge is 0.298 e. The quantitative estimate of drug-likeness (QED) is 0.475.